The molecule has 118 valence electrons. The number of nitrogens with one attached hydrogen (secondary N) is 1. The monoisotopic (exact) mass is 325 g/mol. The Morgan fingerprint density at radius 2 is 2.14 bits per heavy atom. The van der Waals surface area contributed by atoms with Crippen LogP contribution in [-0.2, 0) is 9.59 Å². The van der Waals surface area contributed by atoms with E-state index in [0.717, 1.165) is 24.5 Å². The van der Waals surface area contributed by atoms with Crippen LogP contribution in [0, 0.1) is 5.82 Å². The predicted molar refractivity (Wildman–Crippen MR) is 81.1 cm³/mol. The van der Waals surface area contributed by atoms with E-state index in [-0.39, 0.29) is 17.4 Å². The average molecular weight is 326 g/mol. The summed E-state index contributed by atoms with van der Waals surface area (Å²) in [7, 11) is 0. The highest BCUT2D eigenvalue weighted by Gasteiger charge is 2.23. The first-order valence-corrected chi connectivity index (χ1v) is 7.42. The summed E-state index contributed by atoms with van der Waals surface area (Å²) in [5.74, 6) is -1.99. The predicted octanol–water partition coefficient (Wildman–Crippen LogP) is 3.61. The number of aliphatic carboxylic acids is 1. The Morgan fingerprint density at radius 3 is 2.68 bits per heavy atom. The molecule has 2 N–H and O–H groups in total. The van der Waals surface area contributed by atoms with Gasteiger partial charge in [0.15, 0.2) is 0 Å². The number of hydrogen-bond acceptors (Lipinski definition) is 2. The summed E-state index contributed by atoms with van der Waals surface area (Å²) in [6.07, 6.45) is 2.17. The Bertz CT molecular complexity index is 642. The van der Waals surface area contributed by atoms with Crippen LogP contribution in [0.3, 0.4) is 0 Å². The summed E-state index contributed by atoms with van der Waals surface area (Å²) in [5.41, 5.74) is 2.10. The van der Waals surface area contributed by atoms with E-state index < -0.39 is 17.8 Å². The van der Waals surface area contributed by atoms with Crippen LogP contribution in [0.1, 0.15) is 44.2 Å². The molecule has 1 aromatic rings. The van der Waals surface area contributed by atoms with Crippen molar-refractivity contribution in [2.45, 2.75) is 38.6 Å². The second kappa shape index (κ2) is 6.92. The van der Waals surface area contributed by atoms with Crippen molar-refractivity contribution >= 4 is 23.5 Å². The molecule has 1 unspecified atom stereocenters. The molecule has 1 aliphatic carbocycles. The third kappa shape index (κ3) is 3.85. The second-order valence-electron chi connectivity index (χ2n) is 5.41. The fraction of sp³-hybridized carbons (Fsp3) is 0.375. The molecule has 0 aliphatic heterocycles. The van der Waals surface area contributed by atoms with Crippen molar-refractivity contribution in [1.29, 1.82) is 0 Å². The molecule has 0 radical (unpaired) electrons. The molecule has 0 saturated heterocycles. The van der Waals surface area contributed by atoms with Gasteiger partial charge < -0.3 is 10.4 Å². The zero-order valence-electron chi connectivity index (χ0n) is 12.2. The summed E-state index contributed by atoms with van der Waals surface area (Å²) in [6, 6.07) is 3.24. The molecular weight excluding hydrogens is 309 g/mol. The molecule has 0 aromatic heterocycles. The van der Waals surface area contributed by atoms with E-state index in [9.17, 15) is 14.0 Å². The van der Waals surface area contributed by atoms with E-state index >= 15 is 0 Å². The van der Waals surface area contributed by atoms with Crippen molar-refractivity contribution in [2.24, 2.45) is 0 Å². The maximum absolute atomic E-state index is 13.6. The number of benzene rings is 1. The second-order valence-corrected chi connectivity index (χ2v) is 5.82. The molecule has 1 aromatic carbocycles. The first kappa shape index (κ1) is 16.5. The number of halogens is 2. The molecule has 0 fully saturated rings. The highest BCUT2D eigenvalue weighted by molar-refractivity contribution is 6.30. The van der Waals surface area contributed by atoms with Gasteiger partial charge in [-0.05, 0) is 43.9 Å². The zero-order valence-corrected chi connectivity index (χ0v) is 12.9. The van der Waals surface area contributed by atoms with Crippen molar-refractivity contribution in [3.63, 3.8) is 0 Å². The number of carboxylic acid groups (broad SMARTS) is 1. The SMILES string of the molecule is CC1=C(C(=O)NC(CC(=O)O)c2ccc(Cl)c(F)c2)CCC1. The summed E-state index contributed by atoms with van der Waals surface area (Å²) < 4.78 is 13.6. The fourth-order valence-corrected chi connectivity index (χ4v) is 2.72. The summed E-state index contributed by atoms with van der Waals surface area (Å²) in [5, 5.41) is 11.7. The first-order chi connectivity index (χ1) is 10.4. The normalized spacial score (nSPS) is 15.8. The van der Waals surface area contributed by atoms with Gasteiger partial charge in [-0.25, -0.2) is 4.39 Å². The van der Waals surface area contributed by atoms with E-state index in [4.69, 9.17) is 16.7 Å². The minimum absolute atomic E-state index is 0.0431. The molecule has 1 atom stereocenters. The van der Waals surface area contributed by atoms with Gasteiger partial charge in [0.1, 0.15) is 5.82 Å². The van der Waals surface area contributed by atoms with Gasteiger partial charge in [0.2, 0.25) is 5.91 Å². The van der Waals surface area contributed by atoms with Crippen LogP contribution in [0.5, 0.6) is 0 Å². The summed E-state index contributed by atoms with van der Waals surface area (Å²) in [4.78, 5) is 23.3. The number of carboxylic acids is 1. The van der Waals surface area contributed by atoms with Crippen molar-refractivity contribution in [3.05, 3.63) is 45.7 Å². The Balaban J connectivity index is 2.22. The highest BCUT2D eigenvalue weighted by atomic mass is 35.5. The summed E-state index contributed by atoms with van der Waals surface area (Å²) in [6.45, 7) is 1.90. The molecular formula is C16H17ClFNO3. The van der Waals surface area contributed by atoms with Crippen LogP contribution in [-0.4, -0.2) is 17.0 Å². The molecule has 1 aliphatic rings. The van der Waals surface area contributed by atoms with Gasteiger partial charge in [-0.2, -0.15) is 0 Å². The molecule has 0 bridgehead atoms. The van der Waals surface area contributed by atoms with Gasteiger partial charge in [0.25, 0.3) is 0 Å². The summed E-state index contributed by atoms with van der Waals surface area (Å²) >= 11 is 5.63. The molecule has 0 saturated carbocycles. The van der Waals surface area contributed by atoms with Crippen molar-refractivity contribution < 1.29 is 19.1 Å². The van der Waals surface area contributed by atoms with Gasteiger partial charge in [0, 0.05) is 5.57 Å². The smallest absolute Gasteiger partial charge is 0.305 e. The zero-order chi connectivity index (χ0) is 16.3. The van der Waals surface area contributed by atoms with E-state index in [1.165, 1.54) is 12.1 Å². The Morgan fingerprint density at radius 1 is 1.41 bits per heavy atom. The van der Waals surface area contributed by atoms with Crippen molar-refractivity contribution in [2.75, 3.05) is 0 Å². The Hall–Kier alpha value is -1.88. The van der Waals surface area contributed by atoms with Crippen LogP contribution < -0.4 is 5.32 Å². The van der Waals surface area contributed by atoms with Crippen LogP contribution in [0.4, 0.5) is 4.39 Å². The fourth-order valence-electron chi connectivity index (χ4n) is 2.60. The Kier molecular flexibility index (Phi) is 5.19. The molecule has 0 spiro atoms. The third-order valence-electron chi connectivity index (χ3n) is 3.80. The minimum Gasteiger partial charge on any atom is -0.481 e. The topological polar surface area (TPSA) is 66.4 Å². The van der Waals surface area contributed by atoms with Gasteiger partial charge in [-0.3, -0.25) is 9.59 Å². The molecule has 4 nitrogen and oxygen atoms in total. The van der Waals surface area contributed by atoms with Crippen LogP contribution in [0.25, 0.3) is 0 Å². The van der Waals surface area contributed by atoms with Crippen molar-refractivity contribution in [1.82, 2.24) is 5.32 Å². The van der Waals surface area contributed by atoms with E-state index in [1.807, 2.05) is 6.92 Å². The number of carbonyl (C=O) groups is 2. The largest absolute Gasteiger partial charge is 0.481 e. The van der Waals surface area contributed by atoms with Gasteiger partial charge >= 0.3 is 5.97 Å². The lowest BCUT2D eigenvalue weighted by Gasteiger charge is -2.18. The van der Waals surface area contributed by atoms with Crippen LogP contribution in [0.2, 0.25) is 5.02 Å². The van der Waals surface area contributed by atoms with E-state index in [2.05, 4.69) is 5.32 Å². The number of amides is 1. The molecule has 1 amide bonds. The van der Waals surface area contributed by atoms with E-state index in [0.29, 0.717) is 17.6 Å². The molecule has 2 rings (SSSR count). The van der Waals surface area contributed by atoms with Gasteiger partial charge in [0.05, 0.1) is 17.5 Å². The standard InChI is InChI=1S/C16H17ClFNO3/c1-9-3-2-4-11(9)16(22)19-14(8-15(20)21)10-5-6-12(17)13(18)7-10/h5-7,14H,2-4,8H2,1H3,(H,19,22)(H,20,21). The number of hydrogen-bond donors (Lipinski definition) is 2. The number of carbonyl (C=O) groups excluding carboxylic acids is 1. The minimum atomic E-state index is -1.07. The maximum Gasteiger partial charge on any atom is 0.305 e. The van der Waals surface area contributed by atoms with Gasteiger partial charge in [-0.1, -0.05) is 23.2 Å². The lowest BCUT2D eigenvalue weighted by Crippen LogP contribution is -2.31. The first-order valence-electron chi connectivity index (χ1n) is 7.04. The van der Waals surface area contributed by atoms with Crippen molar-refractivity contribution in [3.8, 4) is 0 Å². The van der Waals surface area contributed by atoms with Gasteiger partial charge in [-0.15, -0.1) is 0 Å². The molecule has 6 heteroatoms. The van der Waals surface area contributed by atoms with E-state index in [1.54, 1.807) is 0 Å². The number of rotatable bonds is 5. The lowest BCUT2D eigenvalue weighted by molar-refractivity contribution is -0.137. The van der Waals surface area contributed by atoms with Crippen LogP contribution in [0.15, 0.2) is 29.3 Å². The Labute approximate surface area is 133 Å². The molecule has 0 heterocycles. The molecule has 22 heavy (non-hydrogen) atoms. The average Bonchev–Trinajstić information content (AvgIpc) is 2.87. The highest BCUT2D eigenvalue weighted by Crippen LogP contribution is 2.27. The quantitative estimate of drug-likeness (QED) is 0.869. The number of allylic oxidation sites excluding steroid dienone is 1. The van der Waals surface area contributed by atoms with Crippen LogP contribution >= 0.6 is 11.6 Å². The lowest BCUT2D eigenvalue weighted by atomic mass is 10.0. The maximum atomic E-state index is 13.6. The third-order valence-corrected chi connectivity index (χ3v) is 4.10.